The highest BCUT2D eigenvalue weighted by Crippen LogP contribution is 2.44. The fourth-order valence-electron chi connectivity index (χ4n) is 3.14. The molecule has 0 aliphatic carbocycles. The molecule has 0 spiro atoms. The van der Waals surface area contributed by atoms with Gasteiger partial charge in [-0.3, -0.25) is 0 Å². The molecule has 0 radical (unpaired) electrons. The first-order valence-corrected chi connectivity index (χ1v) is 10.7. The first-order valence-electron chi connectivity index (χ1n) is 8.14. The normalized spacial score (nSPS) is 13.6. The first-order chi connectivity index (χ1) is 12.3. The minimum Gasteiger partial charge on any atom is -0.472 e. The summed E-state index contributed by atoms with van der Waals surface area (Å²) in [5, 5.41) is 1.09. The van der Waals surface area contributed by atoms with Crippen molar-refractivity contribution in [3.8, 4) is 0 Å². The van der Waals surface area contributed by atoms with Crippen LogP contribution < -0.4 is 10.2 Å². The average Bonchev–Trinajstić information content (AvgIpc) is 2.68. The summed E-state index contributed by atoms with van der Waals surface area (Å²) >= 11 is 5.62. The number of fused-ring (bicyclic) bond motifs is 2. The first kappa shape index (κ1) is 16.1. The number of hydrogen-bond donors (Lipinski definition) is 0. The van der Waals surface area contributed by atoms with Crippen molar-refractivity contribution in [3.05, 3.63) is 96.3 Å². The van der Waals surface area contributed by atoms with Gasteiger partial charge >= 0.3 is 0 Å². The molecule has 1 unspecified atom stereocenters. The molecule has 0 bridgehead atoms. The molecule has 3 aromatic rings. The highest BCUT2D eigenvalue weighted by Gasteiger charge is 2.23. The predicted octanol–water partition coefficient (Wildman–Crippen LogP) is 5.09. The van der Waals surface area contributed by atoms with E-state index in [4.69, 9.17) is 16.3 Å². The Labute approximate surface area is 153 Å². The Morgan fingerprint density at radius 1 is 0.800 bits per heavy atom. The molecule has 1 heterocycles. The monoisotopic (exact) mass is 363 g/mol. The van der Waals surface area contributed by atoms with E-state index in [1.807, 2.05) is 36.6 Å². The number of anilines is 2. The van der Waals surface area contributed by atoms with Gasteiger partial charge in [0.15, 0.2) is 0 Å². The van der Waals surface area contributed by atoms with Gasteiger partial charge in [0, 0.05) is 40.4 Å². The van der Waals surface area contributed by atoms with E-state index in [0.717, 1.165) is 10.9 Å². The SMILES string of the molecule is CN1c2ccccc2C(=CO[PH](=S)c2ccccc2)c2ccccc21. The smallest absolute Gasteiger partial charge is 0.130 e. The Kier molecular flexibility index (Phi) is 4.44. The number of para-hydroxylation sites is 2. The van der Waals surface area contributed by atoms with Crippen molar-refractivity contribution >= 4 is 41.0 Å². The Hall–Kier alpha value is -2.35. The van der Waals surface area contributed by atoms with Crippen LogP contribution in [-0.4, -0.2) is 7.05 Å². The van der Waals surface area contributed by atoms with Crippen molar-refractivity contribution in [2.75, 3.05) is 11.9 Å². The van der Waals surface area contributed by atoms with Gasteiger partial charge in [-0.1, -0.05) is 78.5 Å². The molecule has 124 valence electrons. The average molecular weight is 363 g/mol. The van der Waals surface area contributed by atoms with Gasteiger partial charge in [-0.25, -0.2) is 0 Å². The highest BCUT2D eigenvalue weighted by molar-refractivity contribution is 8.06. The Morgan fingerprint density at radius 2 is 1.32 bits per heavy atom. The third kappa shape index (κ3) is 3.02. The fourth-order valence-corrected chi connectivity index (χ4v) is 4.52. The van der Waals surface area contributed by atoms with Gasteiger partial charge < -0.3 is 9.42 Å². The minimum absolute atomic E-state index is 1.09. The van der Waals surface area contributed by atoms with E-state index in [0.29, 0.717) is 0 Å². The largest absolute Gasteiger partial charge is 0.472 e. The molecular formula is C21H18NOPS. The second-order valence-electron chi connectivity index (χ2n) is 5.90. The van der Waals surface area contributed by atoms with Crippen LogP contribution in [0.4, 0.5) is 11.4 Å². The molecule has 25 heavy (non-hydrogen) atoms. The Morgan fingerprint density at radius 3 is 1.92 bits per heavy atom. The topological polar surface area (TPSA) is 12.5 Å². The van der Waals surface area contributed by atoms with Crippen LogP contribution in [0.15, 0.2) is 85.1 Å². The van der Waals surface area contributed by atoms with Gasteiger partial charge in [0.2, 0.25) is 0 Å². The van der Waals surface area contributed by atoms with Gasteiger partial charge in [-0.05, 0) is 12.1 Å². The number of rotatable bonds is 3. The molecule has 1 aliphatic heterocycles. The van der Waals surface area contributed by atoms with E-state index in [1.165, 1.54) is 22.5 Å². The van der Waals surface area contributed by atoms with Crippen LogP contribution in [0.2, 0.25) is 0 Å². The molecule has 1 aliphatic rings. The number of hydrogen-bond acceptors (Lipinski definition) is 3. The van der Waals surface area contributed by atoms with Crippen LogP contribution in [0.3, 0.4) is 0 Å². The number of benzene rings is 3. The summed E-state index contributed by atoms with van der Waals surface area (Å²) in [7, 11) is 2.10. The standard InChI is InChI=1S/C21H18NOPS/c1-22-20-13-7-5-11-17(20)19(18-12-6-8-14-21(18)22)15-23-24(25)16-9-3-2-4-10-16/h2-15,24H,1H3. The van der Waals surface area contributed by atoms with Crippen molar-refractivity contribution in [3.63, 3.8) is 0 Å². The third-order valence-electron chi connectivity index (χ3n) is 4.40. The van der Waals surface area contributed by atoms with E-state index in [1.54, 1.807) is 0 Å². The van der Waals surface area contributed by atoms with Crippen LogP contribution in [0.25, 0.3) is 5.57 Å². The van der Waals surface area contributed by atoms with Crippen molar-refractivity contribution < 1.29 is 4.52 Å². The maximum atomic E-state index is 6.05. The predicted molar refractivity (Wildman–Crippen MR) is 111 cm³/mol. The van der Waals surface area contributed by atoms with Gasteiger partial charge in [-0.2, -0.15) is 0 Å². The third-order valence-corrected chi connectivity index (χ3v) is 6.54. The Balaban J connectivity index is 1.77. The summed E-state index contributed by atoms with van der Waals surface area (Å²) in [5.41, 5.74) is 5.78. The summed E-state index contributed by atoms with van der Waals surface area (Å²) in [5.74, 6) is 0. The molecule has 2 nitrogen and oxygen atoms in total. The lowest BCUT2D eigenvalue weighted by atomic mass is 9.91. The molecule has 1 atom stereocenters. The van der Waals surface area contributed by atoms with Gasteiger partial charge in [-0.15, -0.1) is 0 Å². The fraction of sp³-hybridized carbons (Fsp3) is 0.0476. The van der Waals surface area contributed by atoms with Crippen LogP contribution in [0.1, 0.15) is 11.1 Å². The molecular weight excluding hydrogens is 345 g/mol. The van der Waals surface area contributed by atoms with E-state index >= 15 is 0 Å². The molecule has 0 saturated carbocycles. The van der Waals surface area contributed by atoms with Crippen LogP contribution in [-0.2, 0) is 16.3 Å². The summed E-state index contributed by atoms with van der Waals surface area (Å²) in [4.78, 5) is 2.22. The summed E-state index contributed by atoms with van der Waals surface area (Å²) in [6.07, 6.45) is 1.86. The van der Waals surface area contributed by atoms with Crippen LogP contribution in [0, 0.1) is 0 Å². The quantitative estimate of drug-likeness (QED) is 0.475. The maximum absolute atomic E-state index is 6.05. The maximum Gasteiger partial charge on any atom is 0.130 e. The summed E-state index contributed by atoms with van der Waals surface area (Å²) in [6, 6.07) is 26.9. The van der Waals surface area contributed by atoms with Gasteiger partial charge in [0.25, 0.3) is 0 Å². The van der Waals surface area contributed by atoms with Crippen molar-refractivity contribution in [1.82, 2.24) is 0 Å². The van der Waals surface area contributed by atoms with Crippen molar-refractivity contribution in [1.29, 1.82) is 0 Å². The molecule has 0 fully saturated rings. The lowest BCUT2D eigenvalue weighted by Crippen LogP contribution is -2.17. The zero-order valence-electron chi connectivity index (χ0n) is 13.8. The summed E-state index contributed by atoms with van der Waals surface area (Å²) in [6.45, 7) is -1.49. The second-order valence-corrected chi connectivity index (χ2v) is 8.40. The lowest BCUT2D eigenvalue weighted by molar-refractivity contribution is 0.558. The zero-order valence-corrected chi connectivity index (χ0v) is 15.7. The van der Waals surface area contributed by atoms with Crippen LogP contribution >= 0.6 is 6.92 Å². The molecule has 0 N–H and O–H groups in total. The van der Waals surface area contributed by atoms with Gasteiger partial charge in [0.05, 0.1) is 6.26 Å². The minimum atomic E-state index is -1.49. The molecule has 4 rings (SSSR count). The summed E-state index contributed by atoms with van der Waals surface area (Å²) < 4.78 is 6.05. The van der Waals surface area contributed by atoms with Gasteiger partial charge in [0.1, 0.15) is 6.92 Å². The number of nitrogens with zero attached hydrogens (tertiary/aromatic N) is 1. The van der Waals surface area contributed by atoms with E-state index in [9.17, 15) is 0 Å². The van der Waals surface area contributed by atoms with E-state index in [-0.39, 0.29) is 0 Å². The van der Waals surface area contributed by atoms with E-state index < -0.39 is 6.92 Å². The van der Waals surface area contributed by atoms with Crippen molar-refractivity contribution in [2.45, 2.75) is 0 Å². The van der Waals surface area contributed by atoms with Crippen LogP contribution in [0.5, 0.6) is 0 Å². The molecule has 4 heteroatoms. The molecule has 3 aromatic carbocycles. The molecule has 0 saturated heterocycles. The molecule has 0 amide bonds. The van der Waals surface area contributed by atoms with E-state index in [2.05, 4.69) is 60.5 Å². The second kappa shape index (κ2) is 6.87. The van der Waals surface area contributed by atoms with Crippen molar-refractivity contribution in [2.24, 2.45) is 0 Å². The highest BCUT2D eigenvalue weighted by atomic mass is 32.4. The molecule has 0 aromatic heterocycles. The lowest BCUT2D eigenvalue weighted by Gasteiger charge is -2.31. The Bertz CT molecular complexity index is 919. The zero-order chi connectivity index (χ0) is 17.2.